The highest BCUT2D eigenvalue weighted by atomic mass is 15.4. The zero-order valence-corrected chi connectivity index (χ0v) is 20.5. The Hall–Kier alpha value is -4.69. The van der Waals surface area contributed by atoms with E-state index in [9.17, 15) is 5.26 Å². The summed E-state index contributed by atoms with van der Waals surface area (Å²) in [5.74, 6) is 0.851. The number of hydrogen-bond acceptors (Lipinski definition) is 5. The second kappa shape index (κ2) is 7.93. The van der Waals surface area contributed by atoms with Crippen molar-refractivity contribution in [2.75, 3.05) is 16.8 Å². The van der Waals surface area contributed by atoms with Crippen LogP contribution in [0.15, 0.2) is 97.6 Å². The third kappa shape index (κ3) is 3.30. The number of hydrogen-bond donors (Lipinski definition) is 0. The van der Waals surface area contributed by atoms with Gasteiger partial charge in [-0.1, -0.05) is 43.0 Å². The van der Waals surface area contributed by atoms with Crippen LogP contribution in [-0.2, 0) is 5.41 Å². The third-order valence-electron chi connectivity index (χ3n) is 7.10. The van der Waals surface area contributed by atoms with Crippen LogP contribution in [-0.4, -0.2) is 17.0 Å². The maximum atomic E-state index is 9.54. The molecule has 0 saturated heterocycles. The Kier molecular flexibility index (Phi) is 4.80. The van der Waals surface area contributed by atoms with Gasteiger partial charge in [-0.2, -0.15) is 5.26 Å². The highest BCUT2D eigenvalue weighted by molar-refractivity contribution is 6.06. The molecule has 0 amide bonds. The Morgan fingerprint density at radius 2 is 1.61 bits per heavy atom. The summed E-state index contributed by atoms with van der Waals surface area (Å²) in [6, 6.07) is 27.3. The van der Waals surface area contributed by atoms with Gasteiger partial charge in [-0.15, -0.1) is 0 Å². The number of aromatic nitrogens is 2. The van der Waals surface area contributed by atoms with Crippen LogP contribution in [0.5, 0.6) is 0 Å². The van der Waals surface area contributed by atoms with Crippen molar-refractivity contribution < 1.29 is 0 Å². The lowest BCUT2D eigenvalue weighted by Crippen LogP contribution is -2.20. The zero-order chi connectivity index (χ0) is 25.0. The van der Waals surface area contributed by atoms with Crippen molar-refractivity contribution in [1.29, 1.82) is 5.26 Å². The SMILES string of the molecule is C=C1N(C)c2cnc3ccc(-c4cnc5ccccc5c4)cc3c2N1c1ccc(C(C)(C)C#N)cc1. The molecule has 0 N–H and O–H groups in total. The van der Waals surface area contributed by atoms with Crippen LogP contribution in [0.2, 0.25) is 0 Å². The molecule has 3 heterocycles. The van der Waals surface area contributed by atoms with Crippen molar-refractivity contribution >= 4 is 38.9 Å². The number of para-hydroxylation sites is 1. The van der Waals surface area contributed by atoms with E-state index in [1.807, 2.05) is 63.6 Å². The summed E-state index contributed by atoms with van der Waals surface area (Å²) >= 11 is 0. The van der Waals surface area contributed by atoms with Gasteiger partial charge in [-0.25, -0.2) is 0 Å². The molecule has 174 valence electrons. The summed E-state index contributed by atoms with van der Waals surface area (Å²) in [4.78, 5) is 13.6. The Morgan fingerprint density at radius 1 is 0.861 bits per heavy atom. The minimum absolute atomic E-state index is 0.547. The van der Waals surface area contributed by atoms with E-state index in [1.165, 1.54) is 0 Å². The van der Waals surface area contributed by atoms with Gasteiger partial charge in [0, 0.05) is 35.3 Å². The Morgan fingerprint density at radius 3 is 2.39 bits per heavy atom. The largest absolute Gasteiger partial charge is 0.328 e. The summed E-state index contributed by atoms with van der Waals surface area (Å²) in [7, 11) is 2.01. The van der Waals surface area contributed by atoms with Crippen LogP contribution in [0, 0.1) is 11.3 Å². The first-order chi connectivity index (χ1) is 17.4. The van der Waals surface area contributed by atoms with Gasteiger partial charge in [-0.05, 0) is 61.4 Å². The molecule has 1 aliphatic rings. The van der Waals surface area contributed by atoms with Crippen molar-refractivity contribution in [3.8, 4) is 17.2 Å². The minimum Gasteiger partial charge on any atom is -0.328 e. The standard InChI is InChI=1S/C31H25N5/c1-20-35(4)29-18-34-28-14-9-21(23-15-22-7-5-6-8-27(22)33-17-23)16-26(28)30(29)36(20)25-12-10-24(11-13-25)31(2,3)19-32/h5-18H,1H2,2-4H3. The van der Waals surface area contributed by atoms with Crippen molar-refractivity contribution in [1.82, 2.24) is 9.97 Å². The average Bonchev–Trinajstić information content (AvgIpc) is 3.18. The molecule has 0 unspecified atom stereocenters. The van der Waals surface area contributed by atoms with Crippen LogP contribution >= 0.6 is 0 Å². The summed E-state index contributed by atoms with van der Waals surface area (Å²) in [5, 5.41) is 11.7. The quantitative estimate of drug-likeness (QED) is 0.278. The van der Waals surface area contributed by atoms with Gasteiger partial charge in [0.05, 0.1) is 40.1 Å². The predicted molar refractivity (Wildman–Crippen MR) is 147 cm³/mol. The number of anilines is 3. The highest BCUT2D eigenvalue weighted by Crippen LogP contribution is 2.48. The summed E-state index contributed by atoms with van der Waals surface area (Å²) in [6.45, 7) is 8.24. The van der Waals surface area contributed by atoms with Crippen LogP contribution in [0.1, 0.15) is 19.4 Å². The second-order valence-corrected chi connectivity index (χ2v) is 9.74. The molecule has 0 aliphatic carbocycles. The number of rotatable bonds is 3. The lowest BCUT2D eigenvalue weighted by atomic mass is 9.86. The maximum Gasteiger partial charge on any atom is 0.110 e. The van der Waals surface area contributed by atoms with Crippen molar-refractivity contribution in [3.05, 3.63) is 103 Å². The van der Waals surface area contributed by atoms with Crippen molar-refractivity contribution in [2.45, 2.75) is 19.3 Å². The number of nitriles is 1. The zero-order valence-electron chi connectivity index (χ0n) is 20.5. The Bertz CT molecular complexity index is 1710. The van der Waals surface area contributed by atoms with E-state index in [4.69, 9.17) is 4.98 Å². The van der Waals surface area contributed by atoms with E-state index in [0.29, 0.717) is 0 Å². The van der Waals surface area contributed by atoms with Gasteiger partial charge in [0.2, 0.25) is 0 Å². The van der Waals surface area contributed by atoms with Gasteiger partial charge in [0.15, 0.2) is 0 Å². The number of pyridine rings is 2. The monoisotopic (exact) mass is 467 g/mol. The predicted octanol–water partition coefficient (Wildman–Crippen LogP) is 7.31. The van der Waals surface area contributed by atoms with E-state index in [0.717, 1.165) is 61.4 Å². The first-order valence-corrected chi connectivity index (χ1v) is 11.9. The molecule has 5 heteroatoms. The van der Waals surface area contributed by atoms with E-state index < -0.39 is 5.41 Å². The topological polar surface area (TPSA) is 56.1 Å². The van der Waals surface area contributed by atoms with Gasteiger partial charge in [0.1, 0.15) is 5.82 Å². The van der Waals surface area contributed by atoms with Crippen molar-refractivity contribution in [2.24, 2.45) is 0 Å². The van der Waals surface area contributed by atoms with Gasteiger partial charge >= 0.3 is 0 Å². The van der Waals surface area contributed by atoms with Gasteiger partial charge < -0.3 is 4.90 Å². The fourth-order valence-electron chi connectivity index (χ4n) is 4.84. The smallest absolute Gasteiger partial charge is 0.110 e. The fraction of sp³-hybridized carbons (Fsp3) is 0.129. The van der Waals surface area contributed by atoms with Crippen molar-refractivity contribution in [3.63, 3.8) is 0 Å². The molecule has 36 heavy (non-hydrogen) atoms. The lowest BCUT2D eigenvalue weighted by molar-refractivity contribution is 0.687. The third-order valence-corrected chi connectivity index (χ3v) is 7.10. The fourth-order valence-corrected chi connectivity index (χ4v) is 4.84. The molecule has 0 radical (unpaired) electrons. The van der Waals surface area contributed by atoms with Gasteiger partial charge in [0.25, 0.3) is 0 Å². The molecule has 0 bridgehead atoms. The molecule has 0 fully saturated rings. The minimum atomic E-state index is -0.547. The molecule has 6 rings (SSSR count). The second-order valence-electron chi connectivity index (χ2n) is 9.74. The Balaban J connectivity index is 1.51. The molecule has 5 nitrogen and oxygen atoms in total. The molecule has 0 atom stereocenters. The number of fused-ring (bicyclic) bond motifs is 4. The average molecular weight is 468 g/mol. The summed E-state index contributed by atoms with van der Waals surface area (Å²) < 4.78 is 0. The summed E-state index contributed by atoms with van der Waals surface area (Å²) in [5.41, 5.74) is 7.53. The van der Waals surface area contributed by atoms with E-state index in [1.54, 1.807) is 0 Å². The summed E-state index contributed by atoms with van der Waals surface area (Å²) in [6.07, 6.45) is 3.84. The van der Waals surface area contributed by atoms with Gasteiger partial charge in [-0.3, -0.25) is 14.9 Å². The van der Waals surface area contributed by atoms with E-state index >= 15 is 0 Å². The molecular formula is C31H25N5. The molecule has 3 aromatic carbocycles. The molecular weight excluding hydrogens is 442 g/mol. The van der Waals surface area contributed by atoms with Crippen LogP contribution in [0.4, 0.5) is 17.1 Å². The first-order valence-electron chi connectivity index (χ1n) is 11.9. The normalized spacial score (nSPS) is 13.3. The van der Waals surface area contributed by atoms with E-state index in [2.05, 4.69) is 69.9 Å². The lowest BCUT2D eigenvalue weighted by Gasteiger charge is -2.24. The molecule has 0 saturated carbocycles. The van der Waals surface area contributed by atoms with Crippen LogP contribution in [0.25, 0.3) is 32.9 Å². The van der Waals surface area contributed by atoms with Crippen LogP contribution < -0.4 is 9.80 Å². The first kappa shape index (κ1) is 21.8. The maximum absolute atomic E-state index is 9.54. The molecule has 2 aromatic heterocycles. The molecule has 1 aliphatic heterocycles. The Labute approximate surface area is 210 Å². The van der Waals surface area contributed by atoms with E-state index in [-0.39, 0.29) is 0 Å². The highest BCUT2D eigenvalue weighted by Gasteiger charge is 2.31. The number of benzene rings is 3. The molecule has 0 spiro atoms. The number of nitrogens with zero attached hydrogens (tertiary/aromatic N) is 5. The molecule has 5 aromatic rings. The van der Waals surface area contributed by atoms with Crippen LogP contribution in [0.3, 0.4) is 0 Å².